The first-order valence-electron chi connectivity index (χ1n) is 11.0. The quantitative estimate of drug-likeness (QED) is 0.522. The molecule has 2 aliphatic heterocycles. The Balaban J connectivity index is 1.67. The van der Waals surface area contributed by atoms with Crippen LogP contribution in [0.1, 0.15) is 57.6 Å². The number of anilines is 1. The summed E-state index contributed by atoms with van der Waals surface area (Å²) in [4.78, 5) is 22.8. The Morgan fingerprint density at radius 1 is 1.19 bits per heavy atom. The molecule has 2 aliphatic rings. The van der Waals surface area contributed by atoms with Gasteiger partial charge in [-0.05, 0) is 85.8 Å². The van der Waals surface area contributed by atoms with Crippen LogP contribution in [-0.2, 0) is 4.79 Å². The Labute approximate surface area is 190 Å². The van der Waals surface area contributed by atoms with Gasteiger partial charge in [0.05, 0.1) is 10.6 Å². The van der Waals surface area contributed by atoms with Crippen LogP contribution in [0.25, 0.3) is 6.08 Å². The van der Waals surface area contributed by atoms with Crippen molar-refractivity contribution in [1.82, 2.24) is 4.90 Å². The van der Waals surface area contributed by atoms with Crippen molar-refractivity contribution in [2.75, 3.05) is 18.5 Å². The maximum atomic E-state index is 13.1. The molecule has 2 aromatic carbocycles. The summed E-state index contributed by atoms with van der Waals surface area (Å²) in [6.45, 7) is 9.66. The Hall–Kier alpha value is -2.53. The zero-order valence-corrected chi connectivity index (χ0v) is 19.9. The lowest BCUT2D eigenvalue weighted by atomic mass is 9.80. The first-order chi connectivity index (χ1) is 14.8. The Kier molecular flexibility index (Phi) is 5.98. The predicted molar refractivity (Wildman–Crippen MR) is 133 cm³/mol. The molecule has 5 heteroatoms. The molecule has 1 saturated heterocycles. The van der Waals surface area contributed by atoms with E-state index in [4.69, 9.17) is 4.99 Å². The number of thioether (sulfide) groups is 1. The van der Waals surface area contributed by atoms with E-state index in [-0.39, 0.29) is 11.4 Å². The first kappa shape index (κ1) is 21.7. The number of nitrogens with zero attached hydrogens (tertiary/aromatic N) is 3. The number of carbonyl (C=O) groups is 1. The second kappa shape index (κ2) is 8.54. The first-order valence-corrected chi connectivity index (χ1v) is 11.8. The Morgan fingerprint density at radius 3 is 2.65 bits per heavy atom. The van der Waals surface area contributed by atoms with Gasteiger partial charge >= 0.3 is 0 Å². The summed E-state index contributed by atoms with van der Waals surface area (Å²) in [6.07, 6.45) is 4.03. The zero-order valence-electron chi connectivity index (χ0n) is 19.1. The van der Waals surface area contributed by atoms with Gasteiger partial charge in [-0.25, -0.2) is 4.99 Å². The summed E-state index contributed by atoms with van der Waals surface area (Å²) in [5.74, 6) is 0.531. The van der Waals surface area contributed by atoms with E-state index in [0.29, 0.717) is 12.5 Å². The summed E-state index contributed by atoms with van der Waals surface area (Å²) >= 11 is 1.47. The Bertz CT molecular complexity index is 1040. The van der Waals surface area contributed by atoms with E-state index < -0.39 is 0 Å². The molecule has 1 amide bonds. The van der Waals surface area contributed by atoms with Crippen LogP contribution in [0, 0.1) is 0 Å². The summed E-state index contributed by atoms with van der Waals surface area (Å²) in [6, 6.07) is 16.4. The van der Waals surface area contributed by atoms with Gasteiger partial charge in [-0.2, -0.15) is 0 Å². The molecule has 2 aromatic rings. The summed E-state index contributed by atoms with van der Waals surface area (Å²) < 4.78 is 0. The molecule has 1 unspecified atom stereocenters. The standard InChI is InChI=1S/C26H31N3OS/c1-6-14-29-24(30)23(31-25(29)27-20-10-8-7-9-11-20)16-19-12-13-22-21(15-19)18(2)17-26(3,4)28(22)5/h7-13,15-16,18H,6,14,17H2,1-5H3/b23-16+,27-25?. The number of rotatable bonds is 4. The van der Waals surface area contributed by atoms with E-state index in [2.05, 4.69) is 57.8 Å². The molecule has 0 aromatic heterocycles. The smallest absolute Gasteiger partial charge is 0.266 e. The number of carbonyl (C=O) groups excluding carboxylic acids is 1. The van der Waals surface area contributed by atoms with Crippen molar-refractivity contribution in [2.24, 2.45) is 4.99 Å². The molecular formula is C26H31N3OS. The van der Waals surface area contributed by atoms with Crippen molar-refractivity contribution >= 4 is 40.3 Å². The molecule has 4 rings (SSSR count). The van der Waals surface area contributed by atoms with Crippen LogP contribution < -0.4 is 4.90 Å². The minimum atomic E-state index is 0.0468. The summed E-state index contributed by atoms with van der Waals surface area (Å²) in [7, 11) is 2.17. The molecule has 1 fully saturated rings. The molecule has 0 spiro atoms. The second-order valence-electron chi connectivity index (χ2n) is 9.09. The second-order valence-corrected chi connectivity index (χ2v) is 10.1. The average Bonchev–Trinajstić information content (AvgIpc) is 3.02. The van der Waals surface area contributed by atoms with Gasteiger partial charge in [0, 0.05) is 24.8 Å². The van der Waals surface area contributed by atoms with E-state index in [0.717, 1.165) is 34.2 Å². The molecule has 2 heterocycles. The minimum Gasteiger partial charge on any atom is -0.369 e. The van der Waals surface area contributed by atoms with E-state index >= 15 is 0 Å². The highest BCUT2D eigenvalue weighted by Gasteiger charge is 2.35. The molecule has 0 saturated carbocycles. The molecule has 31 heavy (non-hydrogen) atoms. The van der Waals surface area contributed by atoms with E-state index in [1.807, 2.05) is 36.4 Å². The maximum Gasteiger partial charge on any atom is 0.266 e. The number of benzene rings is 2. The molecule has 0 N–H and O–H groups in total. The summed E-state index contributed by atoms with van der Waals surface area (Å²) in [5.41, 5.74) is 4.73. The van der Waals surface area contributed by atoms with Crippen molar-refractivity contribution < 1.29 is 4.79 Å². The third-order valence-electron chi connectivity index (χ3n) is 6.27. The van der Waals surface area contributed by atoms with Crippen molar-refractivity contribution in [2.45, 2.75) is 52.0 Å². The fourth-order valence-corrected chi connectivity index (χ4v) is 5.49. The topological polar surface area (TPSA) is 35.9 Å². The van der Waals surface area contributed by atoms with E-state index in [1.165, 1.54) is 23.0 Å². The molecular weight excluding hydrogens is 402 g/mol. The van der Waals surface area contributed by atoms with Crippen LogP contribution in [0.2, 0.25) is 0 Å². The third kappa shape index (κ3) is 4.29. The summed E-state index contributed by atoms with van der Waals surface area (Å²) in [5, 5.41) is 0.761. The van der Waals surface area contributed by atoms with Gasteiger partial charge in [-0.15, -0.1) is 0 Å². The predicted octanol–water partition coefficient (Wildman–Crippen LogP) is 6.42. The lowest BCUT2D eigenvalue weighted by Gasteiger charge is -2.45. The van der Waals surface area contributed by atoms with Crippen molar-refractivity contribution in [3.8, 4) is 0 Å². The number of aliphatic imine (C=N–C) groups is 1. The number of para-hydroxylation sites is 1. The van der Waals surface area contributed by atoms with Crippen molar-refractivity contribution in [3.05, 3.63) is 64.6 Å². The van der Waals surface area contributed by atoms with Gasteiger partial charge in [0.1, 0.15) is 0 Å². The molecule has 0 aliphatic carbocycles. The van der Waals surface area contributed by atoms with Crippen LogP contribution >= 0.6 is 11.8 Å². The van der Waals surface area contributed by atoms with E-state index in [9.17, 15) is 4.79 Å². The lowest BCUT2D eigenvalue weighted by Crippen LogP contribution is -2.45. The average molecular weight is 434 g/mol. The normalized spacial score (nSPS) is 23.0. The maximum absolute atomic E-state index is 13.1. The molecule has 4 nitrogen and oxygen atoms in total. The van der Waals surface area contributed by atoms with Gasteiger partial charge in [-0.1, -0.05) is 38.1 Å². The number of hydrogen-bond acceptors (Lipinski definition) is 4. The molecule has 1 atom stereocenters. The third-order valence-corrected chi connectivity index (χ3v) is 7.28. The van der Waals surface area contributed by atoms with Gasteiger partial charge in [0.2, 0.25) is 0 Å². The highest BCUT2D eigenvalue weighted by Crippen LogP contribution is 2.43. The number of amides is 1. The van der Waals surface area contributed by atoms with Gasteiger partial charge in [0.15, 0.2) is 5.17 Å². The van der Waals surface area contributed by atoms with Crippen LogP contribution in [0.15, 0.2) is 58.4 Å². The van der Waals surface area contributed by atoms with Crippen LogP contribution in [0.4, 0.5) is 11.4 Å². The van der Waals surface area contributed by atoms with E-state index in [1.54, 1.807) is 4.90 Å². The number of amidine groups is 1. The van der Waals surface area contributed by atoms with Gasteiger partial charge < -0.3 is 4.90 Å². The largest absolute Gasteiger partial charge is 0.369 e. The lowest BCUT2D eigenvalue weighted by molar-refractivity contribution is -0.122. The molecule has 0 bridgehead atoms. The highest BCUT2D eigenvalue weighted by molar-refractivity contribution is 8.18. The monoisotopic (exact) mass is 433 g/mol. The van der Waals surface area contributed by atoms with Crippen LogP contribution in [0.5, 0.6) is 0 Å². The number of hydrogen-bond donors (Lipinski definition) is 0. The highest BCUT2D eigenvalue weighted by atomic mass is 32.2. The minimum absolute atomic E-state index is 0.0468. The van der Waals surface area contributed by atoms with Crippen molar-refractivity contribution in [3.63, 3.8) is 0 Å². The van der Waals surface area contributed by atoms with Gasteiger partial charge in [0.25, 0.3) is 5.91 Å². The van der Waals surface area contributed by atoms with Crippen molar-refractivity contribution in [1.29, 1.82) is 0 Å². The van der Waals surface area contributed by atoms with Crippen LogP contribution in [-0.4, -0.2) is 35.1 Å². The Morgan fingerprint density at radius 2 is 1.94 bits per heavy atom. The SMILES string of the molecule is CCCN1C(=O)/C(=C\c2ccc3c(c2)C(C)CC(C)(C)N3C)SC1=Nc1ccccc1. The fourth-order valence-electron chi connectivity index (χ4n) is 4.46. The molecule has 0 radical (unpaired) electrons. The van der Waals surface area contributed by atoms with Crippen LogP contribution in [0.3, 0.4) is 0 Å². The van der Waals surface area contributed by atoms with Gasteiger partial charge in [-0.3, -0.25) is 9.69 Å². The number of fused-ring (bicyclic) bond motifs is 1. The molecule has 162 valence electrons. The zero-order chi connectivity index (χ0) is 22.2. The fraction of sp³-hybridized carbons (Fsp3) is 0.385.